The van der Waals surface area contributed by atoms with Crippen LogP contribution in [0, 0.1) is 0 Å². The van der Waals surface area contributed by atoms with Gasteiger partial charge in [0.2, 0.25) is 0 Å². The van der Waals surface area contributed by atoms with Crippen molar-refractivity contribution in [1.29, 1.82) is 0 Å². The maximum Gasteiger partial charge on any atom is 0.0777 e. The molecule has 4 rings (SSSR count). The van der Waals surface area contributed by atoms with Gasteiger partial charge >= 0.3 is 0 Å². The maximum absolute atomic E-state index is 4.75. The van der Waals surface area contributed by atoms with E-state index in [9.17, 15) is 0 Å². The zero-order valence-corrected chi connectivity index (χ0v) is 15.0. The number of nitrogens with zero attached hydrogens (tertiary/aromatic N) is 5. The van der Waals surface area contributed by atoms with E-state index in [-0.39, 0.29) is 0 Å². The van der Waals surface area contributed by atoms with E-state index in [0.29, 0.717) is 6.04 Å². The Kier molecular flexibility index (Phi) is 4.95. The first kappa shape index (κ1) is 16.5. The molecule has 4 heterocycles. The number of piperazine rings is 1. The van der Waals surface area contributed by atoms with Crippen LogP contribution in [0.25, 0.3) is 0 Å². The topological polar surface area (TPSA) is 35.5 Å². The van der Waals surface area contributed by atoms with Gasteiger partial charge in [0.25, 0.3) is 0 Å². The van der Waals surface area contributed by atoms with Crippen LogP contribution >= 0.6 is 0 Å². The third-order valence-electron chi connectivity index (χ3n) is 5.46. The summed E-state index contributed by atoms with van der Waals surface area (Å²) in [4.78, 5) is 16.8. The normalized spacial score (nSPS) is 22.4. The molecule has 25 heavy (non-hydrogen) atoms. The molecule has 0 radical (unpaired) electrons. The minimum atomic E-state index is 0.420. The van der Waals surface area contributed by atoms with Gasteiger partial charge in [-0.15, -0.1) is 0 Å². The molecule has 132 valence electrons. The molecular formula is C20H27N5. The van der Waals surface area contributed by atoms with Crippen LogP contribution in [0.15, 0.2) is 42.7 Å². The van der Waals surface area contributed by atoms with Crippen LogP contribution in [-0.2, 0) is 6.54 Å². The first-order chi connectivity index (χ1) is 12.3. The van der Waals surface area contributed by atoms with Gasteiger partial charge in [-0.1, -0.05) is 6.07 Å². The largest absolute Gasteiger partial charge is 0.367 e. The SMILES string of the molecule is CN1CCN(c2cccnc2CN2CCCC2c2ccccn2)CC1. The second-order valence-corrected chi connectivity index (χ2v) is 7.14. The number of hydrogen-bond acceptors (Lipinski definition) is 5. The molecule has 1 atom stereocenters. The molecule has 1 unspecified atom stereocenters. The highest BCUT2D eigenvalue weighted by atomic mass is 15.3. The lowest BCUT2D eigenvalue weighted by Crippen LogP contribution is -2.45. The van der Waals surface area contributed by atoms with Crippen molar-refractivity contribution in [3.63, 3.8) is 0 Å². The lowest BCUT2D eigenvalue weighted by Gasteiger charge is -2.35. The molecule has 2 aromatic rings. The van der Waals surface area contributed by atoms with Crippen LogP contribution in [-0.4, -0.2) is 59.5 Å². The van der Waals surface area contributed by atoms with Crippen molar-refractivity contribution in [1.82, 2.24) is 19.8 Å². The summed E-state index contributed by atoms with van der Waals surface area (Å²) >= 11 is 0. The quantitative estimate of drug-likeness (QED) is 0.857. The molecule has 0 N–H and O–H groups in total. The minimum absolute atomic E-state index is 0.420. The number of anilines is 1. The fourth-order valence-corrected chi connectivity index (χ4v) is 4.00. The summed E-state index contributed by atoms with van der Waals surface area (Å²) in [5, 5.41) is 0. The van der Waals surface area contributed by atoms with E-state index in [1.54, 1.807) is 0 Å². The maximum atomic E-state index is 4.75. The van der Waals surface area contributed by atoms with Crippen molar-refractivity contribution in [2.75, 3.05) is 44.7 Å². The minimum Gasteiger partial charge on any atom is -0.367 e. The van der Waals surface area contributed by atoms with Gasteiger partial charge in [0, 0.05) is 45.1 Å². The Bertz CT molecular complexity index is 681. The first-order valence-electron chi connectivity index (χ1n) is 9.33. The highest BCUT2D eigenvalue weighted by Crippen LogP contribution is 2.33. The van der Waals surface area contributed by atoms with E-state index < -0.39 is 0 Å². The van der Waals surface area contributed by atoms with Gasteiger partial charge in [0.1, 0.15) is 0 Å². The highest BCUT2D eigenvalue weighted by molar-refractivity contribution is 5.51. The van der Waals surface area contributed by atoms with Gasteiger partial charge in [0.15, 0.2) is 0 Å². The second-order valence-electron chi connectivity index (χ2n) is 7.14. The standard InChI is InChI=1S/C20H27N5/c1-23-12-14-24(15-13-23)20-7-4-10-22-18(20)16-25-11-5-8-19(25)17-6-2-3-9-21-17/h2-4,6-7,9-10,19H,5,8,11-16H2,1H3. The summed E-state index contributed by atoms with van der Waals surface area (Å²) in [5.41, 5.74) is 3.70. The molecule has 0 aromatic carbocycles. The van der Waals surface area contributed by atoms with Crippen molar-refractivity contribution < 1.29 is 0 Å². The lowest BCUT2D eigenvalue weighted by atomic mass is 10.1. The molecular weight excluding hydrogens is 310 g/mol. The van der Waals surface area contributed by atoms with Crippen LogP contribution in [0.3, 0.4) is 0 Å². The number of pyridine rings is 2. The zero-order chi connectivity index (χ0) is 17.1. The van der Waals surface area contributed by atoms with E-state index in [1.165, 1.54) is 29.9 Å². The highest BCUT2D eigenvalue weighted by Gasteiger charge is 2.28. The molecule has 5 nitrogen and oxygen atoms in total. The van der Waals surface area contributed by atoms with Crippen molar-refractivity contribution in [2.45, 2.75) is 25.4 Å². The van der Waals surface area contributed by atoms with Crippen molar-refractivity contribution >= 4 is 5.69 Å². The Balaban J connectivity index is 1.52. The summed E-state index contributed by atoms with van der Waals surface area (Å²) < 4.78 is 0. The molecule has 2 aliphatic heterocycles. The summed E-state index contributed by atoms with van der Waals surface area (Å²) in [6.07, 6.45) is 6.26. The molecule has 0 saturated carbocycles. The van der Waals surface area contributed by atoms with Crippen molar-refractivity contribution in [2.24, 2.45) is 0 Å². The third-order valence-corrected chi connectivity index (χ3v) is 5.46. The molecule has 0 bridgehead atoms. The predicted molar refractivity (Wildman–Crippen MR) is 101 cm³/mol. The Hall–Kier alpha value is -1.98. The molecule has 0 amide bonds. The number of likely N-dealkylation sites (N-methyl/N-ethyl adjacent to an activating group) is 1. The van der Waals surface area contributed by atoms with E-state index in [1.807, 2.05) is 18.5 Å². The van der Waals surface area contributed by atoms with Gasteiger partial charge in [-0.25, -0.2) is 0 Å². The van der Waals surface area contributed by atoms with Crippen molar-refractivity contribution in [3.8, 4) is 0 Å². The zero-order valence-electron chi connectivity index (χ0n) is 15.0. The fraction of sp³-hybridized carbons (Fsp3) is 0.500. The smallest absolute Gasteiger partial charge is 0.0777 e. The van der Waals surface area contributed by atoms with Crippen LogP contribution < -0.4 is 4.90 Å². The lowest BCUT2D eigenvalue weighted by molar-refractivity contribution is 0.241. The number of hydrogen-bond donors (Lipinski definition) is 0. The third kappa shape index (κ3) is 3.67. The van der Waals surface area contributed by atoms with Gasteiger partial charge in [0.05, 0.1) is 23.1 Å². The summed E-state index contributed by atoms with van der Waals surface area (Å²) in [6.45, 7) is 6.44. The fourth-order valence-electron chi connectivity index (χ4n) is 4.00. The number of likely N-dealkylation sites (tertiary alicyclic amines) is 1. The van der Waals surface area contributed by atoms with Crippen molar-refractivity contribution in [3.05, 3.63) is 54.1 Å². The van der Waals surface area contributed by atoms with E-state index in [0.717, 1.165) is 39.3 Å². The van der Waals surface area contributed by atoms with Gasteiger partial charge in [-0.05, 0) is 50.7 Å². The Morgan fingerprint density at radius 3 is 2.60 bits per heavy atom. The molecule has 0 spiro atoms. The Labute approximate surface area is 150 Å². The predicted octanol–water partition coefficient (Wildman–Crippen LogP) is 2.57. The average molecular weight is 337 g/mol. The van der Waals surface area contributed by atoms with Gasteiger partial charge < -0.3 is 9.80 Å². The summed E-state index contributed by atoms with van der Waals surface area (Å²) in [5.74, 6) is 0. The second kappa shape index (κ2) is 7.50. The van der Waals surface area contributed by atoms with Gasteiger partial charge in [-0.3, -0.25) is 14.9 Å². The molecule has 2 fully saturated rings. The molecule has 5 heteroatoms. The average Bonchev–Trinajstić information content (AvgIpc) is 3.12. The molecule has 2 aromatic heterocycles. The molecule has 2 aliphatic rings. The van der Waals surface area contributed by atoms with Crippen LogP contribution in [0.5, 0.6) is 0 Å². The first-order valence-corrected chi connectivity index (χ1v) is 9.33. The Morgan fingerprint density at radius 1 is 0.960 bits per heavy atom. The monoisotopic (exact) mass is 337 g/mol. The summed E-state index contributed by atoms with van der Waals surface area (Å²) in [6, 6.07) is 11.0. The van der Waals surface area contributed by atoms with Crippen LogP contribution in [0.1, 0.15) is 30.3 Å². The number of rotatable bonds is 4. The number of aromatic nitrogens is 2. The van der Waals surface area contributed by atoms with E-state index >= 15 is 0 Å². The van der Waals surface area contributed by atoms with E-state index in [4.69, 9.17) is 4.98 Å². The summed E-state index contributed by atoms with van der Waals surface area (Å²) in [7, 11) is 2.20. The molecule has 2 saturated heterocycles. The van der Waals surface area contributed by atoms with E-state index in [2.05, 4.69) is 51.0 Å². The Morgan fingerprint density at radius 2 is 1.80 bits per heavy atom. The molecule has 0 aliphatic carbocycles. The van der Waals surface area contributed by atoms with Gasteiger partial charge in [-0.2, -0.15) is 0 Å². The van der Waals surface area contributed by atoms with Crippen LogP contribution in [0.4, 0.5) is 5.69 Å². The van der Waals surface area contributed by atoms with Crippen LogP contribution in [0.2, 0.25) is 0 Å².